The summed E-state index contributed by atoms with van der Waals surface area (Å²) in [5, 5.41) is 0. The van der Waals surface area contributed by atoms with Gasteiger partial charge < -0.3 is 20.1 Å². The molecule has 0 fully saturated rings. The van der Waals surface area contributed by atoms with E-state index in [0.29, 0.717) is 26.4 Å². The summed E-state index contributed by atoms with van der Waals surface area (Å²) in [4.78, 5) is 13.1. The molecule has 0 radical (unpaired) electrons. The normalized spacial score (nSPS) is 12.5. The molecule has 1 atom stereocenters. The molecule has 5 heteroatoms. The molecule has 5 nitrogen and oxygen atoms in total. The molecule has 0 spiro atoms. The first-order valence-corrected chi connectivity index (χ1v) is 5.24. The Balaban J connectivity index is 3.56. The van der Waals surface area contributed by atoms with Crippen LogP contribution in [0.1, 0.15) is 13.8 Å². The van der Waals surface area contributed by atoms with Gasteiger partial charge >= 0.3 is 0 Å². The average molecular weight is 218 g/mol. The van der Waals surface area contributed by atoms with E-state index in [1.54, 1.807) is 11.9 Å². The summed E-state index contributed by atoms with van der Waals surface area (Å²) in [6, 6.07) is 0.0491. The topological polar surface area (TPSA) is 64.8 Å². The van der Waals surface area contributed by atoms with Crippen molar-refractivity contribution >= 4 is 5.91 Å². The fraction of sp³-hybridized carbons (Fsp3) is 0.900. The van der Waals surface area contributed by atoms with Crippen molar-refractivity contribution in [3.63, 3.8) is 0 Å². The van der Waals surface area contributed by atoms with E-state index in [2.05, 4.69) is 0 Å². The third-order valence-corrected chi connectivity index (χ3v) is 2.20. The Morgan fingerprint density at radius 1 is 1.40 bits per heavy atom. The number of rotatable bonds is 8. The highest BCUT2D eigenvalue weighted by atomic mass is 16.5. The number of likely N-dealkylation sites (N-methyl/N-ethyl adjacent to an activating group) is 1. The van der Waals surface area contributed by atoms with E-state index >= 15 is 0 Å². The van der Waals surface area contributed by atoms with Crippen molar-refractivity contribution in [2.45, 2.75) is 19.9 Å². The van der Waals surface area contributed by atoms with Crippen molar-refractivity contribution < 1.29 is 14.3 Å². The number of hydrogen-bond acceptors (Lipinski definition) is 4. The summed E-state index contributed by atoms with van der Waals surface area (Å²) in [5.41, 5.74) is 5.45. The molecule has 90 valence electrons. The Morgan fingerprint density at radius 3 is 2.53 bits per heavy atom. The molecule has 0 aliphatic rings. The molecule has 0 heterocycles. The summed E-state index contributed by atoms with van der Waals surface area (Å²) in [6.07, 6.45) is 0. The van der Waals surface area contributed by atoms with Gasteiger partial charge in [0.15, 0.2) is 0 Å². The van der Waals surface area contributed by atoms with Crippen LogP contribution < -0.4 is 5.73 Å². The van der Waals surface area contributed by atoms with Crippen LogP contribution in [0.5, 0.6) is 0 Å². The van der Waals surface area contributed by atoms with Crippen LogP contribution in [0.15, 0.2) is 0 Å². The molecule has 1 unspecified atom stereocenters. The molecule has 0 saturated carbocycles. The van der Waals surface area contributed by atoms with Crippen LogP contribution >= 0.6 is 0 Å². The van der Waals surface area contributed by atoms with Gasteiger partial charge in [-0.3, -0.25) is 4.79 Å². The first-order valence-electron chi connectivity index (χ1n) is 5.24. The van der Waals surface area contributed by atoms with Crippen LogP contribution in [0.2, 0.25) is 0 Å². The van der Waals surface area contributed by atoms with E-state index in [-0.39, 0.29) is 18.6 Å². The number of hydrogen-bond donors (Lipinski definition) is 1. The molecule has 0 aromatic heterocycles. The van der Waals surface area contributed by atoms with Crippen molar-refractivity contribution in [1.29, 1.82) is 0 Å². The lowest BCUT2D eigenvalue weighted by Crippen LogP contribution is -2.41. The van der Waals surface area contributed by atoms with Gasteiger partial charge in [-0.1, -0.05) is 0 Å². The lowest BCUT2D eigenvalue weighted by molar-refractivity contribution is -0.136. The van der Waals surface area contributed by atoms with Crippen LogP contribution in [0, 0.1) is 0 Å². The Morgan fingerprint density at radius 2 is 2.00 bits per heavy atom. The minimum atomic E-state index is -0.0514. The maximum atomic E-state index is 11.5. The zero-order valence-electron chi connectivity index (χ0n) is 9.86. The van der Waals surface area contributed by atoms with Crippen LogP contribution in [0.25, 0.3) is 0 Å². The van der Waals surface area contributed by atoms with Crippen molar-refractivity contribution in [2.24, 2.45) is 5.73 Å². The second-order valence-electron chi connectivity index (χ2n) is 3.34. The summed E-state index contributed by atoms with van der Waals surface area (Å²) in [7, 11) is 1.73. The van der Waals surface area contributed by atoms with E-state index in [1.807, 2.05) is 13.8 Å². The Kier molecular flexibility index (Phi) is 8.27. The fourth-order valence-corrected chi connectivity index (χ4v) is 0.927. The molecular weight excluding hydrogens is 196 g/mol. The zero-order valence-corrected chi connectivity index (χ0v) is 9.86. The summed E-state index contributed by atoms with van der Waals surface area (Å²) < 4.78 is 10.2. The van der Waals surface area contributed by atoms with Gasteiger partial charge in [0.1, 0.15) is 6.61 Å². The maximum absolute atomic E-state index is 11.5. The summed E-state index contributed by atoms with van der Waals surface area (Å²) in [5.74, 6) is -0.0514. The third-order valence-electron chi connectivity index (χ3n) is 2.20. The van der Waals surface area contributed by atoms with Crippen LogP contribution in [-0.2, 0) is 14.3 Å². The van der Waals surface area contributed by atoms with Crippen molar-refractivity contribution in [3.05, 3.63) is 0 Å². The molecule has 0 saturated heterocycles. The van der Waals surface area contributed by atoms with E-state index in [9.17, 15) is 4.79 Å². The Labute approximate surface area is 91.5 Å². The van der Waals surface area contributed by atoms with E-state index in [0.717, 1.165) is 0 Å². The van der Waals surface area contributed by atoms with Crippen molar-refractivity contribution in [3.8, 4) is 0 Å². The highest BCUT2D eigenvalue weighted by Crippen LogP contribution is 1.94. The van der Waals surface area contributed by atoms with E-state index in [4.69, 9.17) is 15.2 Å². The number of amides is 1. The molecule has 0 rings (SSSR count). The molecule has 1 amide bonds. The third kappa shape index (κ3) is 6.43. The molecule has 0 aliphatic heterocycles. The van der Waals surface area contributed by atoms with Crippen molar-refractivity contribution in [1.82, 2.24) is 4.90 Å². The van der Waals surface area contributed by atoms with Crippen LogP contribution in [0.4, 0.5) is 0 Å². The number of nitrogens with zero attached hydrogens (tertiary/aromatic N) is 1. The van der Waals surface area contributed by atoms with E-state index in [1.165, 1.54) is 0 Å². The molecule has 15 heavy (non-hydrogen) atoms. The minimum absolute atomic E-state index is 0.0491. The molecule has 0 aromatic rings. The SMILES string of the molecule is CCOCCOCC(=O)N(C)C(C)CN. The number of carbonyl (C=O) groups is 1. The second kappa shape index (κ2) is 8.64. The smallest absolute Gasteiger partial charge is 0.248 e. The first-order chi connectivity index (χ1) is 7.13. The number of nitrogens with two attached hydrogens (primary N) is 1. The van der Waals surface area contributed by atoms with Gasteiger partial charge in [0.25, 0.3) is 0 Å². The van der Waals surface area contributed by atoms with Gasteiger partial charge in [0, 0.05) is 26.2 Å². The van der Waals surface area contributed by atoms with Gasteiger partial charge in [0.05, 0.1) is 13.2 Å². The lowest BCUT2D eigenvalue weighted by Gasteiger charge is -2.23. The number of ether oxygens (including phenoxy) is 2. The van der Waals surface area contributed by atoms with Gasteiger partial charge in [-0.05, 0) is 13.8 Å². The predicted octanol–water partition coefficient (Wildman–Crippen LogP) is -0.155. The Hall–Kier alpha value is -0.650. The highest BCUT2D eigenvalue weighted by Gasteiger charge is 2.13. The van der Waals surface area contributed by atoms with Crippen LogP contribution in [0.3, 0.4) is 0 Å². The van der Waals surface area contributed by atoms with Gasteiger partial charge in [-0.15, -0.1) is 0 Å². The number of carbonyl (C=O) groups excluding carboxylic acids is 1. The molecular formula is C10H22N2O3. The highest BCUT2D eigenvalue weighted by molar-refractivity contribution is 5.77. The zero-order chi connectivity index (χ0) is 11.7. The second-order valence-corrected chi connectivity index (χ2v) is 3.34. The quantitative estimate of drug-likeness (QED) is 0.575. The summed E-state index contributed by atoms with van der Waals surface area (Å²) >= 11 is 0. The first kappa shape index (κ1) is 14.3. The standard InChI is InChI=1S/C10H22N2O3/c1-4-14-5-6-15-8-10(13)12(3)9(2)7-11/h9H,4-8,11H2,1-3H3. The average Bonchev–Trinajstić information content (AvgIpc) is 2.26. The molecule has 0 aliphatic carbocycles. The molecule has 0 aromatic carbocycles. The largest absolute Gasteiger partial charge is 0.379 e. The predicted molar refractivity (Wildman–Crippen MR) is 58.6 cm³/mol. The van der Waals surface area contributed by atoms with Gasteiger partial charge in [0.2, 0.25) is 5.91 Å². The maximum Gasteiger partial charge on any atom is 0.248 e. The minimum Gasteiger partial charge on any atom is -0.379 e. The fourth-order valence-electron chi connectivity index (χ4n) is 0.927. The van der Waals surface area contributed by atoms with Crippen LogP contribution in [-0.4, -0.2) is 56.9 Å². The van der Waals surface area contributed by atoms with Gasteiger partial charge in [-0.25, -0.2) is 0 Å². The molecule has 2 N–H and O–H groups in total. The lowest BCUT2D eigenvalue weighted by atomic mass is 10.3. The van der Waals surface area contributed by atoms with Gasteiger partial charge in [-0.2, -0.15) is 0 Å². The monoisotopic (exact) mass is 218 g/mol. The Bertz CT molecular complexity index is 176. The van der Waals surface area contributed by atoms with E-state index < -0.39 is 0 Å². The molecule has 0 bridgehead atoms. The van der Waals surface area contributed by atoms with Crippen molar-refractivity contribution in [2.75, 3.05) is 40.0 Å². The summed E-state index contributed by atoms with van der Waals surface area (Å²) in [6.45, 7) is 6.01.